The monoisotopic (exact) mass is 262 g/mol. The van der Waals surface area contributed by atoms with E-state index in [2.05, 4.69) is 9.88 Å². The molecule has 0 aliphatic carbocycles. The second-order valence-electron chi connectivity index (χ2n) is 4.13. The van der Waals surface area contributed by atoms with E-state index in [1.54, 1.807) is 17.4 Å². The summed E-state index contributed by atoms with van der Waals surface area (Å²) < 4.78 is 5.33. The van der Waals surface area contributed by atoms with Gasteiger partial charge in [0.25, 0.3) is 0 Å². The predicted octanol–water partition coefficient (Wildman–Crippen LogP) is 2.35. The van der Waals surface area contributed by atoms with E-state index in [1.165, 1.54) is 0 Å². The highest BCUT2D eigenvalue weighted by Crippen LogP contribution is 2.32. The Morgan fingerprint density at radius 1 is 1.22 bits per heavy atom. The molecule has 1 aliphatic rings. The van der Waals surface area contributed by atoms with Gasteiger partial charge in [0, 0.05) is 24.0 Å². The largest absolute Gasteiger partial charge is 0.507 e. The Labute approximate surface area is 109 Å². The SMILES string of the molecule is Oc1ccccc1-c1csc(N2CCOCC2)n1. The molecule has 0 atom stereocenters. The standard InChI is InChI=1S/C13H14N2O2S/c16-12-4-2-1-3-10(12)11-9-18-13(14-11)15-5-7-17-8-6-15/h1-4,9,16H,5-8H2. The number of morpholine rings is 1. The Kier molecular flexibility index (Phi) is 3.17. The van der Waals surface area contributed by atoms with Crippen LogP contribution in [0.2, 0.25) is 0 Å². The molecule has 0 amide bonds. The lowest BCUT2D eigenvalue weighted by Crippen LogP contribution is -2.36. The van der Waals surface area contributed by atoms with E-state index in [0.29, 0.717) is 0 Å². The van der Waals surface area contributed by atoms with Crippen molar-refractivity contribution in [3.8, 4) is 17.0 Å². The van der Waals surface area contributed by atoms with E-state index in [9.17, 15) is 5.11 Å². The zero-order valence-electron chi connectivity index (χ0n) is 9.87. The van der Waals surface area contributed by atoms with Crippen LogP contribution in [0.25, 0.3) is 11.3 Å². The Hall–Kier alpha value is -1.59. The lowest BCUT2D eigenvalue weighted by Gasteiger charge is -2.26. The summed E-state index contributed by atoms with van der Waals surface area (Å²) in [5, 5.41) is 12.8. The number of phenolic OH excluding ortho intramolecular Hbond substituents is 1. The quantitative estimate of drug-likeness (QED) is 0.902. The highest BCUT2D eigenvalue weighted by atomic mass is 32.1. The maximum Gasteiger partial charge on any atom is 0.186 e. The summed E-state index contributed by atoms with van der Waals surface area (Å²) in [6, 6.07) is 7.29. The molecule has 1 saturated heterocycles. The summed E-state index contributed by atoms with van der Waals surface area (Å²) in [6.07, 6.45) is 0. The second kappa shape index (κ2) is 4.96. The van der Waals surface area contributed by atoms with E-state index < -0.39 is 0 Å². The normalized spacial score (nSPS) is 15.9. The van der Waals surface area contributed by atoms with Gasteiger partial charge in [-0.2, -0.15) is 0 Å². The average Bonchev–Trinajstić information content (AvgIpc) is 2.90. The fourth-order valence-corrected chi connectivity index (χ4v) is 2.86. The van der Waals surface area contributed by atoms with Gasteiger partial charge in [-0.3, -0.25) is 0 Å². The number of benzene rings is 1. The number of nitrogens with zero attached hydrogens (tertiary/aromatic N) is 2. The molecule has 2 aromatic rings. The van der Waals surface area contributed by atoms with E-state index in [1.807, 2.05) is 23.6 Å². The second-order valence-corrected chi connectivity index (χ2v) is 4.97. The van der Waals surface area contributed by atoms with Gasteiger partial charge >= 0.3 is 0 Å². The minimum Gasteiger partial charge on any atom is -0.507 e. The van der Waals surface area contributed by atoms with Gasteiger partial charge < -0.3 is 14.7 Å². The fourth-order valence-electron chi connectivity index (χ4n) is 1.98. The molecule has 94 valence electrons. The summed E-state index contributed by atoms with van der Waals surface area (Å²) in [5.74, 6) is 0.274. The van der Waals surface area contributed by atoms with Crippen molar-refractivity contribution in [2.75, 3.05) is 31.2 Å². The number of aromatic hydroxyl groups is 1. The highest BCUT2D eigenvalue weighted by molar-refractivity contribution is 7.14. The Balaban J connectivity index is 1.87. The first-order valence-corrected chi connectivity index (χ1v) is 6.79. The summed E-state index contributed by atoms with van der Waals surface area (Å²) in [6.45, 7) is 3.28. The Morgan fingerprint density at radius 3 is 2.78 bits per heavy atom. The first-order chi connectivity index (χ1) is 8.84. The molecule has 1 N–H and O–H groups in total. The minimum atomic E-state index is 0.274. The van der Waals surface area contributed by atoms with Gasteiger partial charge in [-0.1, -0.05) is 12.1 Å². The number of rotatable bonds is 2. The fraction of sp³-hybridized carbons (Fsp3) is 0.308. The van der Waals surface area contributed by atoms with Gasteiger partial charge in [0.15, 0.2) is 5.13 Å². The van der Waals surface area contributed by atoms with Gasteiger partial charge in [0.2, 0.25) is 0 Å². The lowest BCUT2D eigenvalue weighted by molar-refractivity contribution is 0.122. The van der Waals surface area contributed by atoms with Crippen molar-refractivity contribution < 1.29 is 9.84 Å². The molecule has 3 rings (SSSR count). The molecule has 1 aliphatic heterocycles. The van der Waals surface area contributed by atoms with Crippen molar-refractivity contribution in [1.29, 1.82) is 0 Å². The van der Waals surface area contributed by atoms with Crippen molar-refractivity contribution in [2.45, 2.75) is 0 Å². The van der Waals surface area contributed by atoms with E-state index in [0.717, 1.165) is 42.7 Å². The molecule has 0 unspecified atom stereocenters. The van der Waals surface area contributed by atoms with Crippen molar-refractivity contribution in [1.82, 2.24) is 4.98 Å². The Bertz CT molecular complexity index is 535. The van der Waals surface area contributed by atoms with Crippen molar-refractivity contribution in [2.24, 2.45) is 0 Å². The van der Waals surface area contributed by atoms with Crippen LogP contribution in [0.3, 0.4) is 0 Å². The lowest BCUT2D eigenvalue weighted by atomic mass is 10.1. The number of aromatic nitrogens is 1. The number of hydrogen-bond acceptors (Lipinski definition) is 5. The molecule has 4 nitrogen and oxygen atoms in total. The molecule has 1 aromatic carbocycles. The molecule has 18 heavy (non-hydrogen) atoms. The molecule has 0 radical (unpaired) electrons. The summed E-state index contributed by atoms with van der Waals surface area (Å²) in [7, 11) is 0. The molecule has 0 saturated carbocycles. The minimum absolute atomic E-state index is 0.274. The molecule has 1 aromatic heterocycles. The van der Waals surface area contributed by atoms with Crippen LogP contribution in [0.4, 0.5) is 5.13 Å². The zero-order valence-corrected chi connectivity index (χ0v) is 10.7. The van der Waals surface area contributed by atoms with Crippen LogP contribution < -0.4 is 4.90 Å². The molecule has 0 spiro atoms. The molecule has 2 heterocycles. The number of phenols is 1. The first-order valence-electron chi connectivity index (χ1n) is 5.91. The smallest absolute Gasteiger partial charge is 0.186 e. The number of thiazole rings is 1. The van der Waals surface area contributed by atoms with Gasteiger partial charge in [-0.05, 0) is 12.1 Å². The van der Waals surface area contributed by atoms with Gasteiger partial charge in [-0.25, -0.2) is 4.98 Å². The first kappa shape index (κ1) is 11.5. The van der Waals surface area contributed by atoms with E-state index >= 15 is 0 Å². The Morgan fingerprint density at radius 2 is 2.00 bits per heavy atom. The van der Waals surface area contributed by atoms with Crippen LogP contribution in [0.5, 0.6) is 5.75 Å². The van der Waals surface area contributed by atoms with Crippen LogP contribution in [-0.2, 0) is 4.74 Å². The van der Waals surface area contributed by atoms with Gasteiger partial charge in [0.1, 0.15) is 5.75 Å². The number of para-hydroxylation sites is 1. The van der Waals surface area contributed by atoms with Gasteiger partial charge in [-0.15, -0.1) is 11.3 Å². The molecule has 0 bridgehead atoms. The molecule has 1 fully saturated rings. The van der Waals surface area contributed by atoms with Crippen LogP contribution in [0.15, 0.2) is 29.6 Å². The third-order valence-electron chi connectivity index (χ3n) is 2.95. The molecular weight excluding hydrogens is 248 g/mol. The number of ether oxygens (including phenoxy) is 1. The van der Waals surface area contributed by atoms with Crippen LogP contribution >= 0.6 is 11.3 Å². The average molecular weight is 262 g/mol. The van der Waals surface area contributed by atoms with Gasteiger partial charge in [0.05, 0.1) is 18.9 Å². The summed E-state index contributed by atoms with van der Waals surface area (Å²) in [5.41, 5.74) is 1.62. The van der Waals surface area contributed by atoms with Crippen LogP contribution in [0.1, 0.15) is 0 Å². The highest BCUT2D eigenvalue weighted by Gasteiger charge is 2.15. The number of anilines is 1. The van der Waals surface area contributed by atoms with Crippen LogP contribution in [0, 0.1) is 0 Å². The molecular formula is C13H14N2O2S. The zero-order chi connectivity index (χ0) is 12.4. The predicted molar refractivity (Wildman–Crippen MR) is 72.2 cm³/mol. The van der Waals surface area contributed by atoms with Crippen molar-refractivity contribution >= 4 is 16.5 Å². The number of hydrogen-bond donors (Lipinski definition) is 1. The molecule has 5 heteroatoms. The third kappa shape index (κ3) is 2.19. The van der Waals surface area contributed by atoms with E-state index in [-0.39, 0.29) is 5.75 Å². The summed E-state index contributed by atoms with van der Waals surface area (Å²) >= 11 is 1.61. The summed E-state index contributed by atoms with van der Waals surface area (Å²) in [4.78, 5) is 6.81. The third-order valence-corrected chi connectivity index (χ3v) is 3.86. The van der Waals surface area contributed by atoms with E-state index in [4.69, 9.17) is 4.74 Å². The topological polar surface area (TPSA) is 45.6 Å². The maximum absolute atomic E-state index is 9.81. The van der Waals surface area contributed by atoms with Crippen LogP contribution in [-0.4, -0.2) is 36.4 Å². The maximum atomic E-state index is 9.81. The van der Waals surface area contributed by atoms with Crippen molar-refractivity contribution in [3.05, 3.63) is 29.6 Å². The van der Waals surface area contributed by atoms with Crippen molar-refractivity contribution in [3.63, 3.8) is 0 Å².